The Labute approximate surface area is 107 Å². The van der Waals surface area contributed by atoms with Gasteiger partial charge in [0.1, 0.15) is 0 Å². The lowest BCUT2D eigenvalue weighted by atomic mass is 9.89. The Kier molecular flexibility index (Phi) is 5.30. The standard InChI is InChI=1S/C15H30N2/c1-3-14-12-17(10-9-15(14)16-4-2)11-13-7-5-6-8-13/h13-16H,3-12H2,1-2H3. The molecular formula is C15H30N2. The maximum absolute atomic E-state index is 3.67. The van der Waals surface area contributed by atoms with Crippen molar-refractivity contribution >= 4 is 0 Å². The number of nitrogens with zero attached hydrogens (tertiary/aromatic N) is 1. The van der Waals surface area contributed by atoms with Crippen molar-refractivity contribution in [2.75, 3.05) is 26.2 Å². The summed E-state index contributed by atoms with van der Waals surface area (Å²) in [5, 5.41) is 3.67. The van der Waals surface area contributed by atoms with Crippen molar-refractivity contribution in [1.82, 2.24) is 10.2 Å². The summed E-state index contributed by atoms with van der Waals surface area (Å²) in [6.45, 7) is 9.76. The van der Waals surface area contributed by atoms with Gasteiger partial charge in [-0.05, 0) is 44.2 Å². The molecule has 2 fully saturated rings. The molecule has 2 aliphatic rings. The van der Waals surface area contributed by atoms with Gasteiger partial charge in [-0.2, -0.15) is 0 Å². The fourth-order valence-electron chi connectivity index (χ4n) is 3.78. The van der Waals surface area contributed by atoms with Crippen LogP contribution in [0, 0.1) is 11.8 Å². The zero-order valence-corrected chi connectivity index (χ0v) is 11.8. The van der Waals surface area contributed by atoms with Gasteiger partial charge in [0, 0.05) is 19.1 Å². The molecule has 0 bridgehead atoms. The van der Waals surface area contributed by atoms with Gasteiger partial charge in [0.25, 0.3) is 0 Å². The average molecular weight is 238 g/mol. The van der Waals surface area contributed by atoms with Crippen molar-refractivity contribution in [3.05, 3.63) is 0 Å². The predicted octanol–water partition coefficient (Wildman–Crippen LogP) is 2.89. The van der Waals surface area contributed by atoms with Crippen molar-refractivity contribution in [3.8, 4) is 0 Å². The van der Waals surface area contributed by atoms with Crippen molar-refractivity contribution in [3.63, 3.8) is 0 Å². The first-order valence-corrected chi connectivity index (χ1v) is 7.79. The van der Waals surface area contributed by atoms with Crippen molar-refractivity contribution in [2.24, 2.45) is 11.8 Å². The molecular weight excluding hydrogens is 208 g/mol. The van der Waals surface area contributed by atoms with E-state index in [0.29, 0.717) is 0 Å². The van der Waals surface area contributed by atoms with Gasteiger partial charge in [0.05, 0.1) is 0 Å². The van der Waals surface area contributed by atoms with Crippen LogP contribution in [0.4, 0.5) is 0 Å². The van der Waals surface area contributed by atoms with E-state index in [-0.39, 0.29) is 0 Å². The van der Waals surface area contributed by atoms with E-state index in [1.54, 1.807) is 0 Å². The molecule has 100 valence electrons. The first-order valence-electron chi connectivity index (χ1n) is 7.79. The number of hydrogen-bond acceptors (Lipinski definition) is 2. The zero-order chi connectivity index (χ0) is 12.1. The molecule has 2 unspecified atom stereocenters. The Balaban J connectivity index is 1.78. The van der Waals surface area contributed by atoms with E-state index in [0.717, 1.165) is 24.4 Å². The van der Waals surface area contributed by atoms with Gasteiger partial charge in [-0.1, -0.05) is 33.1 Å². The smallest absolute Gasteiger partial charge is 0.0119 e. The highest BCUT2D eigenvalue weighted by Crippen LogP contribution is 2.28. The van der Waals surface area contributed by atoms with Gasteiger partial charge >= 0.3 is 0 Å². The molecule has 0 spiro atoms. The third kappa shape index (κ3) is 3.69. The van der Waals surface area contributed by atoms with Crippen LogP contribution in [-0.4, -0.2) is 37.1 Å². The van der Waals surface area contributed by atoms with E-state index >= 15 is 0 Å². The number of piperidine rings is 1. The minimum atomic E-state index is 0.782. The molecule has 0 aromatic carbocycles. The average Bonchev–Trinajstić information content (AvgIpc) is 2.84. The number of hydrogen-bond donors (Lipinski definition) is 1. The highest BCUT2D eigenvalue weighted by molar-refractivity contribution is 4.85. The molecule has 2 nitrogen and oxygen atoms in total. The molecule has 1 aliphatic carbocycles. The molecule has 2 heteroatoms. The summed E-state index contributed by atoms with van der Waals surface area (Å²) >= 11 is 0. The second-order valence-corrected chi connectivity index (χ2v) is 6.03. The molecule has 0 aromatic heterocycles. The zero-order valence-electron chi connectivity index (χ0n) is 11.8. The van der Waals surface area contributed by atoms with Crippen LogP contribution in [0.1, 0.15) is 52.4 Å². The second kappa shape index (κ2) is 6.75. The molecule has 17 heavy (non-hydrogen) atoms. The van der Waals surface area contributed by atoms with Crippen LogP contribution < -0.4 is 5.32 Å². The van der Waals surface area contributed by atoms with Gasteiger partial charge in [-0.3, -0.25) is 0 Å². The van der Waals surface area contributed by atoms with Crippen LogP contribution in [0.25, 0.3) is 0 Å². The number of nitrogens with one attached hydrogen (secondary N) is 1. The number of rotatable bonds is 5. The Bertz CT molecular complexity index is 211. The molecule has 2 rings (SSSR count). The lowest BCUT2D eigenvalue weighted by Crippen LogP contribution is -2.50. The van der Waals surface area contributed by atoms with E-state index in [9.17, 15) is 0 Å². The fourth-order valence-corrected chi connectivity index (χ4v) is 3.78. The lowest BCUT2D eigenvalue weighted by molar-refractivity contribution is 0.119. The fraction of sp³-hybridized carbons (Fsp3) is 1.00. The van der Waals surface area contributed by atoms with Crippen LogP contribution in [0.3, 0.4) is 0 Å². The van der Waals surface area contributed by atoms with Gasteiger partial charge in [0.2, 0.25) is 0 Å². The molecule has 0 amide bonds. The van der Waals surface area contributed by atoms with Crippen molar-refractivity contribution in [1.29, 1.82) is 0 Å². The summed E-state index contributed by atoms with van der Waals surface area (Å²) in [6.07, 6.45) is 8.64. The predicted molar refractivity (Wildman–Crippen MR) is 74.3 cm³/mol. The first kappa shape index (κ1) is 13.4. The molecule has 0 radical (unpaired) electrons. The largest absolute Gasteiger partial charge is 0.314 e. The van der Waals surface area contributed by atoms with Crippen LogP contribution in [0.2, 0.25) is 0 Å². The molecule has 1 heterocycles. The van der Waals surface area contributed by atoms with E-state index < -0.39 is 0 Å². The van der Waals surface area contributed by atoms with Crippen LogP contribution in [0.5, 0.6) is 0 Å². The second-order valence-electron chi connectivity index (χ2n) is 6.03. The highest BCUT2D eigenvalue weighted by Gasteiger charge is 2.28. The topological polar surface area (TPSA) is 15.3 Å². The van der Waals surface area contributed by atoms with E-state index in [4.69, 9.17) is 0 Å². The Morgan fingerprint density at radius 3 is 2.53 bits per heavy atom. The summed E-state index contributed by atoms with van der Waals surface area (Å²) < 4.78 is 0. The third-order valence-corrected chi connectivity index (χ3v) is 4.80. The van der Waals surface area contributed by atoms with E-state index in [2.05, 4.69) is 24.1 Å². The highest BCUT2D eigenvalue weighted by atomic mass is 15.1. The molecule has 1 saturated heterocycles. The molecule has 1 aliphatic heterocycles. The molecule has 1 saturated carbocycles. The Hall–Kier alpha value is -0.0800. The van der Waals surface area contributed by atoms with Crippen molar-refractivity contribution < 1.29 is 0 Å². The van der Waals surface area contributed by atoms with Crippen LogP contribution >= 0.6 is 0 Å². The van der Waals surface area contributed by atoms with Gasteiger partial charge in [-0.25, -0.2) is 0 Å². The van der Waals surface area contributed by atoms with Crippen LogP contribution in [-0.2, 0) is 0 Å². The summed E-state index contributed by atoms with van der Waals surface area (Å²) in [5.41, 5.74) is 0. The minimum Gasteiger partial charge on any atom is -0.314 e. The summed E-state index contributed by atoms with van der Waals surface area (Å²) in [4.78, 5) is 2.75. The third-order valence-electron chi connectivity index (χ3n) is 4.80. The minimum absolute atomic E-state index is 0.782. The lowest BCUT2D eigenvalue weighted by Gasteiger charge is -2.39. The number of likely N-dealkylation sites (tertiary alicyclic amines) is 1. The molecule has 1 N–H and O–H groups in total. The van der Waals surface area contributed by atoms with Crippen molar-refractivity contribution in [2.45, 2.75) is 58.4 Å². The monoisotopic (exact) mass is 238 g/mol. The normalized spacial score (nSPS) is 32.1. The summed E-state index contributed by atoms with van der Waals surface area (Å²) in [6, 6.07) is 0.782. The SMILES string of the molecule is CCNC1CCN(CC2CCCC2)CC1CC. The maximum Gasteiger partial charge on any atom is 0.0119 e. The summed E-state index contributed by atoms with van der Waals surface area (Å²) in [7, 11) is 0. The van der Waals surface area contributed by atoms with Gasteiger partial charge in [-0.15, -0.1) is 0 Å². The Morgan fingerprint density at radius 2 is 1.88 bits per heavy atom. The van der Waals surface area contributed by atoms with E-state index in [1.165, 1.54) is 58.2 Å². The van der Waals surface area contributed by atoms with Gasteiger partial charge < -0.3 is 10.2 Å². The maximum atomic E-state index is 3.67. The quantitative estimate of drug-likeness (QED) is 0.792. The van der Waals surface area contributed by atoms with Crippen LogP contribution in [0.15, 0.2) is 0 Å². The van der Waals surface area contributed by atoms with Gasteiger partial charge in [0.15, 0.2) is 0 Å². The summed E-state index contributed by atoms with van der Waals surface area (Å²) in [5.74, 6) is 1.90. The first-order chi connectivity index (χ1) is 8.33. The van der Waals surface area contributed by atoms with E-state index in [1.807, 2.05) is 0 Å². The molecule has 0 aromatic rings. The molecule has 2 atom stereocenters. The Morgan fingerprint density at radius 1 is 1.12 bits per heavy atom.